The van der Waals surface area contributed by atoms with Crippen molar-refractivity contribution < 1.29 is 5.11 Å². The third-order valence-electron chi connectivity index (χ3n) is 2.71. The van der Waals surface area contributed by atoms with Gasteiger partial charge >= 0.3 is 0 Å². The average Bonchev–Trinajstić information content (AvgIpc) is 2.83. The summed E-state index contributed by atoms with van der Waals surface area (Å²) in [6, 6.07) is 10.8. The standard InChI is InChI=1S/C14H11N3OS/c15-14-17-12(9-3-5-11(18)6-4-9)13(19-14)10-2-1-7-16-8-10/h1-8,18H,(H2,15,17). The minimum Gasteiger partial charge on any atom is -0.508 e. The predicted molar refractivity (Wildman–Crippen MR) is 76.9 cm³/mol. The molecule has 2 heterocycles. The number of phenols is 1. The van der Waals surface area contributed by atoms with Gasteiger partial charge in [0.2, 0.25) is 0 Å². The minimum absolute atomic E-state index is 0.231. The molecule has 0 unspecified atom stereocenters. The molecule has 1 aromatic carbocycles. The Hall–Kier alpha value is -2.40. The number of rotatable bonds is 2. The van der Waals surface area contributed by atoms with Gasteiger partial charge in [-0.15, -0.1) is 0 Å². The van der Waals surface area contributed by atoms with Crippen LogP contribution in [0.1, 0.15) is 0 Å². The predicted octanol–water partition coefficient (Wildman–Crippen LogP) is 3.16. The van der Waals surface area contributed by atoms with Crippen LogP contribution in [0.5, 0.6) is 5.75 Å². The molecule has 2 aromatic heterocycles. The summed E-state index contributed by atoms with van der Waals surface area (Å²) in [6.45, 7) is 0. The van der Waals surface area contributed by atoms with E-state index in [1.165, 1.54) is 11.3 Å². The molecule has 0 amide bonds. The van der Waals surface area contributed by atoms with E-state index < -0.39 is 0 Å². The molecule has 0 aliphatic rings. The number of nitrogens with zero attached hydrogens (tertiary/aromatic N) is 2. The maximum atomic E-state index is 9.34. The van der Waals surface area contributed by atoms with Crippen molar-refractivity contribution in [1.29, 1.82) is 0 Å². The molecule has 3 aromatic rings. The Morgan fingerprint density at radius 2 is 1.84 bits per heavy atom. The van der Waals surface area contributed by atoms with Crippen LogP contribution in [0.15, 0.2) is 48.8 Å². The van der Waals surface area contributed by atoms with Crippen LogP contribution < -0.4 is 5.73 Å². The van der Waals surface area contributed by atoms with Gasteiger partial charge in [-0.1, -0.05) is 17.4 Å². The van der Waals surface area contributed by atoms with Gasteiger partial charge in [-0.25, -0.2) is 4.98 Å². The zero-order chi connectivity index (χ0) is 13.2. The van der Waals surface area contributed by atoms with Crippen molar-refractivity contribution >= 4 is 16.5 Å². The Balaban J connectivity index is 2.15. The summed E-state index contributed by atoms with van der Waals surface area (Å²) in [7, 11) is 0. The molecule has 19 heavy (non-hydrogen) atoms. The molecule has 0 saturated heterocycles. The maximum absolute atomic E-state index is 9.34. The van der Waals surface area contributed by atoms with E-state index in [0.717, 1.165) is 21.7 Å². The summed E-state index contributed by atoms with van der Waals surface area (Å²) in [5, 5.41) is 9.86. The van der Waals surface area contributed by atoms with Gasteiger partial charge in [0.1, 0.15) is 5.75 Å². The van der Waals surface area contributed by atoms with Crippen LogP contribution in [0.25, 0.3) is 21.7 Å². The summed E-state index contributed by atoms with van der Waals surface area (Å²) in [4.78, 5) is 9.47. The van der Waals surface area contributed by atoms with Crippen LogP contribution in [0.2, 0.25) is 0 Å². The van der Waals surface area contributed by atoms with Gasteiger partial charge in [-0.3, -0.25) is 4.98 Å². The fourth-order valence-electron chi connectivity index (χ4n) is 1.84. The minimum atomic E-state index is 0.231. The molecule has 3 rings (SSSR count). The number of hydrogen-bond donors (Lipinski definition) is 2. The van der Waals surface area contributed by atoms with Crippen LogP contribution in [-0.4, -0.2) is 15.1 Å². The fourth-order valence-corrected chi connectivity index (χ4v) is 2.69. The second-order valence-electron chi connectivity index (χ2n) is 4.02. The molecule has 3 N–H and O–H groups in total. The molecule has 0 aliphatic heterocycles. The van der Waals surface area contributed by atoms with Crippen LogP contribution in [0.4, 0.5) is 5.13 Å². The highest BCUT2D eigenvalue weighted by molar-refractivity contribution is 7.19. The molecule has 4 nitrogen and oxygen atoms in total. The third kappa shape index (κ3) is 2.28. The first-order valence-corrected chi connectivity index (χ1v) is 6.52. The van der Waals surface area contributed by atoms with Gasteiger partial charge in [0.15, 0.2) is 5.13 Å². The highest BCUT2D eigenvalue weighted by atomic mass is 32.1. The Labute approximate surface area is 114 Å². The van der Waals surface area contributed by atoms with E-state index in [9.17, 15) is 5.11 Å². The molecular weight excluding hydrogens is 258 g/mol. The van der Waals surface area contributed by atoms with Crippen molar-refractivity contribution in [2.75, 3.05) is 5.73 Å². The molecule has 0 atom stereocenters. The topological polar surface area (TPSA) is 72.0 Å². The number of nitrogen functional groups attached to an aromatic ring is 1. The monoisotopic (exact) mass is 269 g/mol. The number of aromatic hydroxyl groups is 1. The lowest BCUT2D eigenvalue weighted by molar-refractivity contribution is 0.475. The zero-order valence-electron chi connectivity index (χ0n) is 9.95. The van der Waals surface area contributed by atoms with E-state index in [-0.39, 0.29) is 5.75 Å². The lowest BCUT2D eigenvalue weighted by atomic mass is 10.1. The molecule has 94 valence electrons. The summed E-state index contributed by atoms with van der Waals surface area (Å²) < 4.78 is 0. The number of phenolic OH excluding ortho intramolecular Hbond substituents is 1. The molecule has 0 fully saturated rings. The molecule has 0 radical (unpaired) electrons. The van der Waals surface area contributed by atoms with Crippen LogP contribution in [0, 0.1) is 0 Å². The van der Waals surface area contributed by atoms with Crippen molar-refractivity contribution in [2.45, 2.75) is 0 Å². The largest absolute Gasteiger partial charge is 0.508 e. The number of thiazole rings is 1. The Morgan fingerprint density at radius 3 is 2.53 bits per heavy atom. The molecule has 0 spiro atoms. The zero-order valence-corrected chi connectivity index (χ0v) is 10.8. The maximum Gasteiger partial charge on any atom is 0.181 e. The van der Waals surface area contributed by atoms with E-state index in [4.69, 9.17) is 5.73 Å². The molecular formula is C14H11N3OS. The fraction of sp³-hybridized carbons (Fsp3) is 0. The summed E-state index contributed by atoms with van der Waals surface area (Å²) >= 11 is 1.43. The first-order chi connectivity index (χ1) is 9.24. The van der Waals surface area contributed by atoms with Crippen molar-refractivity contribution in [3.63, 3.8) is 0 Å². The van der Waals surface area contributed by atoms with E-state index in [1.807, 2.05) is 24.3 Å². The average molecular weight is 269 g/mol. The smallest absolute Gasteiger partial charge is 0.181 e. The van der Waals surface area contributed by atoms with E-state index in [2.05, 4.69) is 9.97 Å². The molecule has 0 aliphatic carbocycles. The Kier molecular flexibility index (Phi) is 2.89. The number of nitrogens with two attached hydrogens (primary N) is 1. The van der Waals surface area contributed by atoms with Gasteiger partial charge in [0.05, 0.1) is 10.6 Å². The second-order valence-corrected chi connectivity index (χ2v) is 5.05. The van der Waals surface area contributed by atoms with Crippen molar-refractivity contribution in [1.82, 2.24) is 9.97 Å². The molecule has 0 saturated carbocycles. The van der Waals surface area contributed by atoms with Gasteiger partial charge < -0.3 is 10.8 Å². The summed E-state index contributed by atoms with van der Waals surface area (Å²) in [6.07, 6.45) is 3.52. The summed E-state index contributed by atoms with van der Waals surface area (Å²) in [5.74, 6) is 0.231. The quantitative estimate of drug-likeness (QED) is 0.749. The highest BCUT2D eigenvalue weighted by Crippen LogP contribution is 2.37. The molecule has 0 bridgehead atoms. The lowest BCUT2D eigenvalue weighted by Crippen LogP contribution is -1.84. The van der Waals surface area contributed by atoms with Crippen LogP contribution >= 0.6 is 11.3 Å². The second kappa shape index (κ2) is 4.70. The van der Waals surface area contributed by atoms with Crippen molar-refractivity contribution in [2.24, 2.45) is 0 Å². The van der Waals surface area contributed by atoms with Gasteiger partial charge in [0.25, 0.3) is 0 Å². The SMILES string of the molecule is Nc1nc(-c2ccc(O)cc2)c(-c2cccnc2)s1. The number of pyridine rings is 1. The lowest BCUT2D eigenvalue weighted by Gasteiger charge is -2.02. The number of hydrogen-bond acceptors (Lipinski definition) is 5. The summed E-state index contributed by atoms with van der Waals surface area (Å²) in [5.41, 5.74) is 8.54. The van der Waals surface area contributed by atoms with Crippen LogP contribution in [0.3, 0.4) is 0 Å². The normalized spacial score (nSPS) is 10.5. The van der Waals surface area contributed by atoms with E-state index in [0.29, 0.717) is 5.13 Å². The van der Waals surface area contributed by atoms with Crippen molar-refractivity contribution in [3.8, 4) is 27.4 Å². The van der Waals surface area contributed by atoms with Crippen molar-refractivity contribution in [3.05, 3.63) is 48.8 Å². The van der Waals surface area contributed by atoms with Crippen LogP contribution in [-0.2, 0) is 0 Å². The molecule has 5 heteroatoms. The Bertz CT molecular complexity index is 692. The van der Waals surface area contributed by atoms with E-state index in [1.54, 1.807) is 24.5 Å². The highest BCUT2D eigenvalue weighted by Gasteiger charge is 2.13. The third-order valence-corrected chi connectivity index (χ3v) is 3.64. The number of anilines is 1. The van der Waals surface area contributed by atoms with Gasteiger partial charge in [0, 0.05) is 23.5 Å². The Morgan fingerprint density at radius 1 is 1.05 bits per heavy atom. The van der Waals surface area contributed by atoms with E-state index >= 15 is 0 Å². The first-order valence-electron chi connectivity index (χ1n) is 5.70. The van der Waals surface area contributed by atoms with Gasteiger partial charge in [-0.05, 0) is 30.3 Å². The van der Waals surface area contributed by atoms with Gasteiger partial charge in [-0.2, -0.15) is 0 Å². The number of aromatic nitrogens is 2. The first kappa shape index (κ1) is 11.7. The number of benzene rings is 1.